The minimum absolute atomic E-state index is 0.381. The Hall–Kier alpha value is -1.62. The molecule has 2 aromatic rings. The summed E-state index contributed by atoms with van der Waals surface area (Å²) in [6, 6.07) is 6.12. The first-order valence-electron chi connectivity index (χ1n) is 4.56. The first-order valence-corrected chi connectivity index (χ1v) is 5.38. The smallest absolute Gasteiger partial charge is 0.194 e. The van der Waals surface area contributed by atoms with Crippen LogP contribution in [-0.4, -0.2) is 18.0 Å². The number of anilines is 1. The number of aliphatic imine (C=N–C) groups is 1. The summed E-state index contributed by atoms with van der Waals surface area (Å²) in [4.78, 5) is 8.27. The number of rotatable bonds is 1. The van der Waals surface area contributed by atoms with Crippen LogP contribution in [0.4, 0.5) is 5.13 Å². The highest BCUT2D eigenvalue weighted by molar-refractivity contribution is 7.22. The number of nitrogens with zero attached hydrogens (tertiary/aromatic N) is 2. The molecule has 4 nitrogen and oxygen atoms in total. The van der Waals surface area contributed by atoms with E-state index in [1.165, 1.54) is 5.56 Å². The minimum Gasteiger partial charge on any atom is -0.370 e. The van der Waals surface area contributed by atoms with Gasteiger partial charge in [-0.3, -0.25) is 4.99 Å². The van der Waals surface area contributed by atoms with E-state index < -0.39 is 0 Å². The number of para-hydroxylation sites is 1. The quantitative estimate of drug-likeness (QED) is 0.570. The van der Waals surface area contributed by atoms with Gasteiger partial charge < -0.3 is 11.1 Å². The van der Waals surface area contributed by atoms with Crippen molar-refractivity contribution in [3.05, 3.63) is 23.8 Å². The summed E-state index contributed by atoms with van der Waals surface area (Å²) in [6.45, 7) is 2.04. The van der Waals surface area contributed by atoms with E-state index >= 15 is 0 Å². The monoisotopic (exact) mass is 220 g/mol. The van der Waals surface area contributed by atoms with Crippen LogP contribution in [0.15, 0.2) is 23.2 Å². The van der Waals surface area contributed by atoms with Crippen molar-refractivity contribution in [3.8, 4) is 0 Å². The Morgan fingerprint density at radius 1 is 1.53 bits per heavy atom. The molecule has 1 heterocycles. The van der Waals surface area contributed by atoms with Crippen LogP contribution in [0.2, 0.25) is 0 Å². The van der Waals surface area contributed by atoms with Gasteiger partial charge in [0.2, 0.25) is 0 Å². The zero-order valence-corrected chi connectivity index (χ0v) is 9.43. The van der Waals surface area contributed by atoms with Crippen LogP contribution in [0.5, 0.6) is 0 Å². The van der Waals surface area contributed by atoms with Gasteiger partial charge in [-0.2, -0.15) is 0 Å². The van der Waals surface area contributed by atoms with Crippen LogP contribution in [0.25, 0.3) is 10.2 Å². The average Bonchev–Trinajstić information content (AvgIpc) is 2.62. The Balaban J connectivity index is 2.43. The summed E-state index contributed by atoms with van der Waals surface area (Å²) in [6.07, 6.45) is 0. The Labute approximate surface area is 91.9 Å². The molecule has 3 N–H and O–H groups in total. The number of benzene rings is 1. The van der Waals surface area contributed by atoms with E-state index in [0.717, 1.165) is 15.3 Å². The second kappa shape index (κ2) is 3.86. The van der Waals surface area contributed by atoms with Crippen molar-refractivity contribution in [1.82, 2.24) is 4.98 Å². The normalized spacial score (nSPS) is 12.0. The summed E-state index contributed by atoms with van der Waals surface area (Å²) in [5.74, 6) is 0.381. The van der Waals surface area contributed by atoms with Crippen molar-refractivity contribution in [2.45, 2.75) is 6.92 Å². The largest absolute Gasteiger partial charge is 0.370 e. The first kappa shape index (κ1) is 9.92. The molecular weight excluding hydrogens is 208 g/mol. The summed E-state index contributed by atoms with van der Waals surface area (Å²) < 4.78 is 1.15. The van der Waals surface area contributed by atoms with Crippen molar-refractivity contribution >= 4 is 32.6 Å². The molecule has 0 saturated carbocycles. The predicted molar refractivity (Wildman–Crippen MR) is 65.5 cm³/mol. The number of guanidine groups is 1. The van der Waals surface area contributed by atoms with Crippen LogP contribution < -0.4 is 11.1 Å². The molecule has 2 rings (SSSR count). The third-order valence-corrected chi connectivity index (χ3v) is 3.03. The summed E-state index contributed by atoms with van der Waals surface area (Å²) in [7, 11) is 1.64. The molecule has 0 fully saturated rings. The Morgan fingerprint density at radius 2 is 2.33 bits per heavy atom. The van der Waals surface area contributed by atoms with Gasteiger partial charge in [0.15, 0.2) is 11.1 Å². The fourth-order valence-corrected chi connectivity index (χ4v) is 2.26. The highest BCUT2D eigenvalue weighted by atomic mass is 32.1. The molecule has 1 aromatic carbocycles. The number of hydrogen-bond acceptors (Lipinski definition) is 3. The molecule has 15 heavy (non-hydrogen) atoms. The number of fused-ring (bicyclic) bond motifs is 1. The van der Waals surface area contributed by atoms with Crippen LogP contribution >= 0.6 is 11.3 Å². The topological polar surface area (TPSA) is 63.3 Å². The molecule has 78 valence electrons. The fraction of sp³-hybridized carbons (Fsp3) is 0.200. The van der Waals surface area contributed by atoms with E-state index in [4.69, 9.17) is 5.73 Å². The summed E-state index contributed by atoms with van der Waals surface area (Å²) >= 11 is 1.57. The zero-order valence-electron chi connectivity index (χ0n) is 8.61. The minimum atomic E-state index is 0.381. The van der Waals surface area contributed by atoms with Gasteiger partial charge in [0.05, 0.1) is 10.2 Å². The van der Waals surface area contributed by atoms with Crippen molar-refractivity contribution < 1.29 is 0 Å². The highest BCUT2D eigenvalue weighted by Gasteiger charge is 2.05. The molecule has 5 heteroatoms. The van der Waals surface area contributed by atoms with Crippen molar-refractivity contribution in [3.63, 3.8) is 0 Å². The van der Waals surface area contributed by atoms with Crippen molar-refractivity contribution in [1.29, 1.82) is 0 Å². The first-order chi connectivity index (χ1) is 7.20. The zero-order chi connectivity index (χ0) is 10.8. The second-order valence-electron chi connectivity index (χ2n) is 3.17. The third-order valence-electron chi connectivity index (χ3n) is 2.10. The number of nitrogens with one attached hydrogen (secondary N) is 1. The van der Waals surface area contributed by atoms with Gasteiger partial charge >= 0.3 is 0 Å². The third kappa shape index (κ3) is 1.92. The lowest BCUT2D eigenvalue weighted by Crippen LogP contribution is -2.21. The molecule has 0 spiro atoms. The van der Waals surface area contributed by atoms with Gasteiger partial charge in [-0.15, -0.1) is 0 Å². The van der Waals surface area contributed by atoms with Gasteiger partial charge in [-0.25, -0.2) is 4.98 Å². The average molecular weight is 220 g/mol. The molecule has 0 bridgehead atoms. The van der Waals surface area contributed by atoms with Gasteiger partial charge in [0, 0.05) is 7.05 Å². The number of thiazole rings is 1. The number of nitrogens with two attached hydrogens (primary N) is 1. The molecule has 1 aromatic heterocycles. The van der Waals surface area contributed by atoms with Crippen molar-refractivity contribution in [2.75, 3.05) is 12.4 Å². The van der Waals surface area contributed by atoms with Gasteiger partial charge in [0.25, 0.3) is 0 Å². The molecule has 0 aliphatic carbocycles. The van der Waals surface area contributed by atoms with Gasteiger partial charge in [-0.05, 0) is 18.6 Å². The molecule has 0 amide bonds. The standard InChI is InChI=1S/C10H12N4S/c1-6-4-3-5-7-8(6)13-10(15-7)14-9(11)12-2/h3-5H,1-2H3,(H3,11,12,13,14). The lowest BCUT2D eigenvalue weighted by Gasteiger charge is -1.97. The molecule has 0 atom stereocenters. The van der Waals surface area contributed by atoms with Gasteiger partial charge in [-0.1, -0.05) is 23.5 Å². The van der Waals surface area contributed by atoms with E-state index in [1.807, 2.05) is 25.1 Å². The maximum atomic E-state index is 5.57. The highest BCUT2D eigenvalue weighted by Crippen LogP contribution is 2.27. The summed E-state index contributed by atoms with van der Waals surface area (Å²) in [5.41, 5.74) is 7.76. The van der Waals surface area contributed by atoms with E-state index in [1.54, 1.807) is 18.4 Å². The maximum Gasteiger partial charge on any atom is 0.194 e. The number of aromatic nitrogens is 1. The predicted octanol–water partition coefficient (Wildman–Crippen LogP) is 1.96. The second-order valence-corrected chi connectivity index (χ2v) is 4.21. The maximum absolute atomic E-state index is 5.57. The van der Waals surface area contributed by atoms with Crippen LogP contribution in [0.1, 0.15) is 5.56 Å². The fourth-order valence-electron chi connectivity index (χ4n) is 1.31. The lowest BCUT2D eigenvalue weighted by molar-refractivity contribution is 1.36. The number of hydrogen-bond donors (Lipinski definition) is 2. The van der Waals surface area contributed by atoms with E-state index in [2.05, 4.69) is 15.3 Å². The Kier molecular flexibility index (Phi) is 2.55. The molecule has 0 aliphatic heterocycles. The van der Waals surface area contributed by atoms with Crippen molar-refractivity contribution in [2.24, 2.45) is 10.7 Å². The van der Waals surface area contributed by atoms with E-state index in [0.29, 0.717) is 5.96 Å². The molecule has 0 radical (unpaired) electrons. The SMILES string of the molecule is CN=C(N)Nc1nc2c(C)cccc2s1. The Morgan fingerprint density at radius 3 is 3.00 bits per heavy atom. The van der Waals surface area contributed by atoms with Crippen LogP contribution in [-0.2, 0) is 0 Å². The molecular formula is C10H12N4S. The van der Waals surface area contributed by atoms with Crippen LogP contribution in [0.3, 0.4) is 0 Å². The molecule has 0 unspecified atom stereocenters. The number of aryl methyl sites for hydroxylation is 1. The van der Waals surface area contributed by atoms with Crippen LogP contribution in [0, 0.1) is 6.92 Å². The van der Waals surface area contributed by atoms with E-state index in [-0.39, 0.29) is 0 Å². The molecule has 0 saturated heterocycles. The Bertz CT molecular complexity index is 515. The lowest BCUT2D eigenvalue weighted by atomic mass is 10.2. The molecule has 0 aliphatic rings. The van der Waals surface area contributed by atoms with E-state index in [9.17, 15) is 0 Å². The van der Waals surface area contributed by atoms with Gasteiger partial charge in [0.1, 0.15) is 0 Å². The summed E-state index contributed by atoms with van der Waals surface area (Å²) in [5, 5.41) is 3.72.